The predicted octanol–water partition coefficient (Wildman–Crippen LogP) is 2.42. The van der Waals surface area contributed by atoms with E-state index in [0.29, 0.717) is 6.61 Å². The molecule has 0 fully saturated rings. The van der Waals surface area contributed by atoms with Gasteiger partial charge in [-0.2, -0.15) is 0 Å². The Bertz CT molecular complexity index is 481. The lowest BCUT2D eigenvalue weighted by atomic mass is 10.1. The second-order valence-corrected chi connectivity index (χ2v) is 7.79. The van der Waals surface area contributed by atoms with E-state index in [2.05, 4.69) is 13.5 Å². The molecule has 0 rings (SSSR count). The summed E-state index contributed by atoms with van der Waals surface area (Å²) < 4.78 is 31.6. The summed E-state index contributed by atoms with van der Waals surface area (Å²) in [4.78, 5) is 23.1. The van der Waals surface area contributed by atoms with Gasteiger partial charge in [-0.05, 0) is 6.42 Å². The average molecular weight is 348 g/mol. The second-order valence-electron chi connectivity index (χ2n) is 5.53. The van der Waals surface area contributed by atoms with Crippen LogP contribution in [-0.4, -0.2) is 45.6 Å². The molecule has 0 aliphatic carbocycles. The van der Waals surface area contributed by atoms with Crippen molar-refractivity contribution in [3.63, 3.8) is 0 Å². The van der Waals surface area contributed by atoms with Crippen molar-refractivity contribution in [3.05, 3.63) is 12.2 Å². The lowest BCUT2D eigenvalue weighted by Crippen LogP contribution is -2.17. The Labute approximate surface area is 139 Å². The number of carbonyl (C=O) groups is 2. The second kappa shape index (κ2) is 12.1. The molecule has 0 aromatic rings. The quantitative estimate of drug-likeness (QED) is 0.289. The van der Waals surface area contributed by atoms with Gasteiger partial charge in [0.05, 0.1) is 18.8 Å². The van der Waals surface area contributed by atoms with Gasteiger partial charge in [0.2, 0.25) is 0 Å². The van der Waals surface area contributed by atoms with Crippen molar-refractivity contribution in [2.24, 2.45) is 0 Å². The van der Waals surface area contributed by atoms with Gasteiger partial charge in [-0.3, -0.25) is 4.79 Å². The Morgan fingerprint density at radius 3 is 2.17 bits per heavy atom. The first-order chi connectivity index (χ1) is 10.8. The highest BCUT2D eigenvalue weighted by Gasteiger charge is 2.15. The van der Waals surface area contributed by atoms with Crippen molar-refractivity contribution in [2.45, 2.75) is 51.9 Å². The van der Waals surface area contributed by atoms with E-state index < -0.39 is 21.8 Å². The Kier molecular flexibility index (Phi) is 11.4. The summed E-state index contributed by atoms with van der Waals surface area (Å²) >= 11 is 0. The van der Waals surface area contributed by atoms with Gasteiger partial charge >= 0.3 is 11.9 Å². The minimum Gasteiger partial charge on any atom is -0.465 e. The molecule has 7 heteroatoms. The van der Waals surface area contributed by atoms with Crippen LogP contribution in [0.4, 0.5) is 0 Å². The Balaban J connectivity index is 3.75. The van der Waals surface area contributed by atoms with Crippen molar-refractivity contribution in [1.82, 2.24) is 0 Å². The number of unbranched alkanes of at least 4 members (excludes halogenated alkanes) is 5. The van der Waals surface area contributed by atoms with Gasteiger partial charge in [0.1, 0.15) is 6.61 Å². The van der Waals surface area contributed by atoms with Gasteiger partial charge in [-0.25, -0.2) is 13.2 Å². The molecule has 0 N–H and O–H groups in total. The van der Waals surface area contributed by atoms with E-state index in [1.165, 1.54) is 19.3 Å². The van der Waals surface area contributed by atoms with Crippen LogP contribution in [0, 0.1) is 0 Å². The third kappa shape index (κ3) is 14.0. The van der Waals surface area contributed by atoms with Crippen molar-refractivity contribution in [2.75, 3.05) is 25.2 Å². The first-order valence-corrected chi connectivity index (χ1v) is 10.0. The van der Waals surface area contributed by atoms with Gasteiger partial charge in [-0.1, -0.05) is 45.6 Å². The first-order valence-electron chi connectivity index (χ1n) is 7.94. The van der Waals surface area contributed by atoms with Gasteiger partial charge in [0.25, 0.3) is 0 Å². The maximum Gasteiger partial charge on any atom is 0.334 e. The Morgan fingerprint density at radius 2 is 1.57 bits per heavy atom. The minimum absolute atomic E-state index is 0.0357. The molecule has 6 nitrogen and oxygen atoms in total. The molecule has 0 aromatic heterocycles. The van der Waals surface area contributed by atoms with Crippen LogP contribution in [-0.2, 0) is 28.9 Å². The third-order valence-corrected chi connectivity index (χ3v) is 4.00. The molecule has 0 radical (unpaired) electrons. The summed E-state index contributed by atoms with van der Waals surface area (Å²) in [6.07, 6.45) is 7.37. The molecule has 0 bridgehead atoms. The van der Waals surface area contributed by atoms with Crippen molar-refractivity contribution >= 4 is 21.8 Å². The molecule has 23 heavy (non-hydrogen) atoms. The highest BCUT2D eigenvalue weighted by Crippen LogP contribution is 2.07. The number of carbonyl (C=O) groups excluding carboxylic acids is 2. The first kappa shape index (κ1) is 21.6. The lowest BCUT2D eigenvalue weighted by Gasteiger charge is -2.07. The van der Waals surface area contributed by atoms with Crippen LogP contribution in [0.3, 0.4) is 0 Å². The molecule has 0 saturated heterocycles. The summed E-state index contributed by atoms with van der Waals surface area (Å²) in [5, 5.41) is 0. The number of hydrogen-bond donors (Lipinski definition) is 0. The standard InChI is InChI=1S/C16H28O6S/c1-4-5-6-7-8-9-10-21-15(17)13-14(2)16(18)22-11-12-23(3,19)20/h2,4-13H2,1,3H3. The molecule has 0 saturated carbocycles. The largest absolute Gasteiger partial charge is 0.465 e. The molecule has 0 heterocycles. The number of rotatable bonds is 13. The summed E-state index contributed by atoms with van der Waals surface area (Å²) in [6.45, 7) is 5.70. The van der Waals surface area contributed by atoms with Crippen LogP contribution in [0.5, 0.6) is 0 Å². The highest BCUT2D eigenvalue weighted by atomic mass is 32.2. The number of sulfone groups is 1. The molecular formula is C16H28O6S. The van der Waals surface area contributed by atoms with Crippen LogP contribution >= 0.6 is 0 Å². The smallest absolute Gasteiger partial charge is 0.334 e. The summed E-state index contributed by atoms with van der Waals surface area (Å²) in [7, 11) is -3.19. The lowest BCUT2D eigenvalue weighted by molar-refractivity contribution is -0.146. The normalized spacial score (nSPS) is 11.0. The van der Waals surface area contributed by atoms with Crippen LogP contribution in [0.1, 0.15) is 51.9 Å². The zero-order valence-corrected chi connectivity index (χ0v) is 15.0. The van der Waals surface area contributed by atoms with Crippen molar-refractivity contribution < 1.29 is 27.5 Å². The van der Waals surface area contributed by atoms with Gasteiger partial charge < -0.3 is 9.47 Å². The van der Waals surface area contributed by atoms with E-state index >= 15 is 0 Å². The molecule has 0 amide bonds. The number of hydrogen-bond acceptors (Lipinski definition) is 6. The summed E-state index contributed by atoms with van der Waals surface area (Å²) in [6, 6.07) is 0. The third-order valence-electron chi connectivity index (χ3n) is 3.09. The van der Waals surface area contributed by atoms with Gasteiger partial charge in [0, 0.05) is 11.8 Å². The fourth-order valence-corrected chi connectivity index (χ4v) is 2.14. The molecule has 0 aliphatic heterocycles. The summed E-state index contributed by atoms with van der Waals surface area (Å²) in [5.74, 6) is -1.55. The number of ether oxygens (including phenoxy) is 2. The summed E-state index contributed by atoms with van der Waals surface area (Å²) in [5.41, 5.74) is -0.0357. The van der Waals surface area contributed by atoms with Crippen LogP contribution in [0.2, 0.25) is 0 Å². The van der Waals surface area contributed by atoms with Crippen LogP contribution < -0.4 is 0 Å². The van der Waals surface area contributed by atoms with E-state index in [1.54, 1.807) is 0 Å². The Hall–Kier alpha value is -1.37. The molecule has 0 aromatic carbocycles. The van der Waals surface area contributed by atoms with E-state index in [-0.39, 0.29) is 24.4 Å². The topological polar surface area (TPSA) is 86.7 Å². The number of esters is 2. The monoisotopic (exact) mass is 348 g/mol. The van der Waals surface area contributed by atoms with Gasteiger partial charge in [0.15, 0.2) is 9.84 Å². The predicted molar refractivity (Wildman–Crippen MR) is 88.8 cm³/mol. The molecule has 0 spiro atoms. The molecule has 134 valence electrons. The fraction of sp³-hybridized carbons (Fsp3) is 0.750. The van der Waals surface area contributed by atoms with E-state index in [9.17, 15) is 18.0 Å². The van der Waals surface area contributed by atoms with E-state index in [4.69, 9.17) is 9.47 Å². The minimum atomic E-state index is -3.19. The molecule has 0 unspecified atom stereocenters. The highest BCUT2D eigenvalue weighted by molar-refractivity contribution is 7.90. The maximum atomic E-state index is 11.5. The molecule has 0 atom stereocenters. The van der Waals surface area contributed by atoms with E-state index in [1.807, 2.05) is 0 Å². The molecular weight excluding hydrogens is 320 g/mol. The van der Waals surface area contributed by atoms with Crippen LogP contribution in [0.15, 0.2) is 12.2 Å². The average Bonchev–Trinajstić information content (AvgIpc) is 2.44. The molecule has 0 aliphatic rings. The van der Waals surface area contributed by atoms with Crippen molar-refractivity contribution in [3.8, 4) is 0 Å². The Morgan fingerprint density at radius 1 is 0.957 bits per heavy atom. The van der Waals surface area contributed by atoms with E-state index in [0.717, 1.165) is 25.5 Å². The SMILES string of the molecule is C=C(CC(=O)OCCCCCCCC)C(=O)OCCS(C)(=O)=O. The van der Waals surface area contributed by atoms with Crippen molar-refractivity contribution in [1.29, 1.82) is 0 Å². The zero-order chi connectivity index (χ0) is 17.7. The van der Waals surface area contributed by atoms with Gasteiger partial charge in [-0.15, -0.1) is 0 Å². The zero-order valence-electron chi connectivity index (χ0n) is 14.1. The fourth-order valence-electron chi connectivity index (χ4n) is 1.75. The maximum absolute atomic E-state index is 11.5. The van der Waals surface area contributed by atoms with Crippen LogP contribution in [0.25, 0.3) is 0 Å².